The van der Waals surface area contributed by atoms with Gasteiger partial charge in [0, 0.05) is 0 Å². The Morgan fingerprint density at radius 1 is 1.00 bits per heavy atom. The number of benzene rings is 1. The summed E-state index contributed by atoms with van der Waals surface area (Å²) < 4.78 is 99.2. The minimum atomic E-state index is -6.08. The molecule has 1 aromatic carbocycles. The molecule has 0 saturated heterocycles. The molecular weight excluding hydrogens is 416 g/mol. The third kappa shape index (κ3) is 3.74. The maximum absolute atomic E-state index is 13.2. The van der Waals surface area contributed by atoms with E-state index < -0.39 is 49.2 Å². The van der Waals surface area contributed by atoms with Crippen LogP contribution in [0.15, 0.2) is 30.3 Å². The van der Waals surface area contributed by atoms with Crippen LogP contribution in [0.5, 0.6) is 0 Å². The second-order valence-electron chi connectivity index (χ2n) is 4.05. The SMILES string of the molecule is [O]=[Sn]([O]Cc1ccccc1)[C](F)(F)C(F)(F)C(F)(F)CF. The number of rotatable bonds is 7. The monoisotopic (exact) mass is 426 g/mol. The molecule has 0 saturated carbocycles. The van der Waals surface area contributed by atoms with E-state index in [9.17, 15) is 33.8 Å². The molecule has 0 unspecified atom stereocenters. The van der Waals surface area contributed by atoms with Crippen LogP contribution in [0.25, 0.3) is 0 Å². The van der Waals surface area contributed by atoms with Crippen molar-refractivity contribution in [3.63, 3.8) is 0 Å². The summed E-state index contributed by atoms with van der Waals surface area (Å²) in [6.45, 7) is -3.68. The van der Waals surface area contributed by atoms with E-state index in [1.165, 1.54) is 24.3 Å². The average Bonchev–Trinajstić information content (AvgIpc) is 2.45. The summed E-state index contributed by atoms with van der Waals surface area (Å²) in [5.74, 6) is -11.7. The second kappa shape index (κ2) is 6.59. The predicted octanol–water partition coefficient (Wildman–Crippen LogP) is 3.54. The van der Waals surface area contributed by atoms with Crippen LogP contribution in [-0.4, -0.2) is 42.6 Å². The van der Waals surface area contributed by atoms with Crippen molar-refractivity contribution >= 4 is 20.2 Å². The molecule has 0 fully saturated rings. The van der Waals surface area contributed by atoms with Crippen molar-refractivity contribution in [3.8, 4) is 0 Å². The predicted molar refractivity (Wildman–Crippen MR) is 58.5 cm³/mol. The van der Waals surface area contributed by atoms with E-state index in [4.69, 9.17) is 0 Å². The summed E-state index contributed by atoms with van der Waals surface area (Å²) in [5.41, 5.74) is 0.253. The van der Waals surface area contributed by atoms with E-state index in [1.807, 2.05) is 0 Å². The van der Waals surface area contributed by atoms with Gasteiger partial charge in [0.1, 0.15) is 0 Å². The zero-order valence-electron chi connectivity index (χ0n) is 10.3. The van der Waals surface area contributed by atoms with Gasteiger partial charge in [-0.1, -0.05) is 0 Å². The normalized spacial score (nSPS) is 13.3. The van der Waals surface area contributed by atoms with Crippen LogP contribution in [0.2, 0.25) is 0 Å². The number of hydrogen-bond acceptors (Lipinski definition) is 2. The van der Waals surface area contributed by atoms with Crippen LogP contribution in [0, 0.1) is 0 Å². The van der Waals surface area contributed by atoms with Crippen molar-refractivity contribution in [1.29, 1.82) is 0 Å². The first kappa shape index (κ1) is 18.3. The molecular formula is C11H9F7O2Sn. The summed E-state index contributed by atoms with van der Waals surface area (Å²) in [5, 5.41) is 0. The van der Waals surface area contributed by atoms with Crippen LogP contribution in [-0.2, 0) is 12.8 Å². The second-order valence-corrected chi connectivity index (χ2v) is 8.31. The van der Waals surface area contributed by atoms with Crippen LogP contribution >= 0.6 is 0 Å². The Labute approximate surface area is 122 Å². The van der Waals surface area contributed by atoms with Crippen molar-refractivity contribution in [3.05, 3.63) is 35.9 Å². The van der Waals surface area contributed by atoms with Crippen molar-refractivity contribution in [2.75, 3.05) is 6.67 Å². The Morgan fingerprint density at radius 2 is 1.52 bits per heavy atom. The van der Waals surface area contributed by atoms with Gasteiger partial charge in [0.2, 0.25) is 0 Å². The Bertz CT molecular complexity index is 493. The summed E-state index contributed by atoms with van der Waals surface area (Å²) in [6, 6.07) is 7.30. The van der Waals surface area contributed by atoms with Crippen LogP contribution in [0.3, 0.4) is 0 Å². The van der Waals surface area contributed by atoms with Crippen LogP contribution < -0.4 is 0 Å². The van der Waals surface area contributed by atoms with E-state index in [1.54, 1.807) is 6.07 Å². The molecule has 0 aliphatic heterocycles. The fourth-order valence-electron chi connectivity index (χ4n) is 1.26. The number of alkyl halides is 7. The first-order valence-electron chi connectivity index (χ1n) is 5.47. The molecule has 118 valence electrons. The molecule has 0 amide bonds. The van der Waals surface area contributed by atoms with Gasteiger partial charge in [0.15, 0.2) is 0 Å². The van der Waals surface area contributed by atoms with Crippen molar-refractivity contribution < 1.29 is 36.9 Å². The molecule has 0 radical (unpaired) electrons. The Balaban J connectivity index is 2.84. The third-order valence-corrected chi connectivity index (χ3v) is 6.01. The Kier molecular flexibility index (Phi) is 5.75. The van der Waals surface area contributed by atoms with Gasteiger partial charge in [0.05, 0.1) is 0 Å². The zero-order chi connectivity index (χ0) is 16.3. The Morgan fingerprint density at radius 3 is 2.00 bits per heavy atom. The van der Waals surface area contributed by atoms with E-state index in [2.05, 4.69) is 3.07 Å². The molecule has 21 heavy (non-hydrogen) atoms. The first-order chi connectivity index (χ1) is 9.56. The number of hydrogen-bond donors (Lipinski definition) is 0. The molecule has 1 aromatic rings. The van der Waals surface area contributed by atoms with E-state index >= 15 is 0 Å². The van der Waals surface area contributed by atoms with Gasteiger partial charge in [-0.3, -0.25) is 0 Å². The zero-order valence-corrected chi connectivity index (χ0v) is 13.1. The van der Waals surface area contributed by atoms with Gasteiger partial charge >= 0.3 is 122 Å². The van der Waals surface area contributed by atoms with Gasteiger partial charge in [-0.15, -0.1) is 0 Å². The molecule has 0 atom stereocenters. The minimum absolute atomic E-state index is 0.253. The summed E-state index contributed by atoms with van der Waals surface area (Å²) >= 11 is -5.93. The van der Waals surface area contributed by atoms with Gasteiger partial charge in [-0.25, -0.2) is 0 Å². The first-order valence-corrected chi connectivity index (χ1v) is 9.22. The van der Waals surface area contributed by atoms with Gasteiger partial charge in [-0.05, 0) is 0 Å². The topological polar surface area (TPSA) is 26.3 Å². The molecule has 0 aliphatic rings. The van der Waals surface area contributed by atoms with Gasteiger partial charge < -0.3 is 0 Å². The van der Waals surface area contributed by atoms with Crippen molar-refractivity contribution in [1.82, 2.24) is 0 Å². The van der Waals surface area contributed by atoms with Crippen molar-refractivity contribution in [2.45, 2.75) is 22.4 Å². The van der Waals surface area contributed by atoms with Crippen LogP contribution in [0.4, 0.5) is 30.7 Å². The molecule has 0 N–H and O–H groups in total. The van der Waals surface area contributed by atoms with E-state index in [0.29, 0.717) is 0 Å². The standard InChI is InChI=1S/C7H7O.C4H2F7.O.Sn/c8-6-7-4-2-1-3-5-7;5-1-3(8,9)4(10,11)2(6)7;;/h1-5H,6H2;1H2;;/q-1;;;+1. The quantitative estimate of drug-likeness (QED) is 0.494. The third-order valence-electron chi connectivity index (χ3n) is 2.49. The fourth-order valence-corrected chi connectivity index (χ4v) is 3.88. The molecule has 0 spiro atoms. The van der Waals surface area contributed by atoms with Gasteiger partial charge in [-0.2, -0.15) is 0 Å². The number of halogens is 7. The Hall–Kier alpha value is -0.711. The summed E-state index contributed by atoms with van der Waals surface area (Å²) in [4.78, 5) is 0. The van der Waals surface area contributed by atoms with E-state index in [0.717, 1.165) is 0 Å². The molecule has 0 bridgehead atoms. The molecule has 2 nitrogen and oxygen atoms in total. The molecule has 10 heteroatoms. The molecule has 0 aliphatic carbocycles. The molecule has 0 aromatic heterocycles. The summed E-state index contributed by atoms with van der Waals surface area (Å²) in [7, 11) is 0. The van der Waals surface area contributed by atoms with Crippen molar-refractivity contribution in [2.24, 2.45) is 0 Å². The fraction of sp³-hybridized carbons (Fsp3) is 0.455. The van der Waals surface area contributed by atoms with Gasteiger partial charge in [0.25, 0.3) is 0 Å². The molecule has 0 heterocycles. The summed E-state index contributed by atoms with van der Waals surface area (Å²) in [6.07, 6.45) is 0. The molecule has 1 rings (SSSR count). The maximum atomic E-state index is 13.2. The van der Waals surface area contributed by atoms with E-state index in [-0.39, 0.29) is 5.56 Å². The average molecular weight is 425 g/mol. The van der Waals surface area contributed by atoms with Crippen LogP contribution in [0.1, 0.15) is 5.56 Å².